The summed E-state index contributed by atoms with van der Waals surface area (Å²) in [6, 6.07) is 9.09. The van der Waals surface area contributed by atoms with E-state index in [-0.39, 0.29) is 17.9 Å². The van der Waals surface area contributed by atoms with E-state index >= 15 is 0 Å². The van der Waals surface area contributed by atoms with Crippen LogP contribution in [0.4, 0.5) is 0 Å². The first-order chi connectivity index (χ1) is 9.88. The maximum absolute atomic E-state index is 11.2. The highest BCUT2D eigenvalue weighted by atomic mass is 16.4. The van der Waals surface area contributed by atoms with Crippen LogP contribution in [0.15, 0.2) is 24.3 Å². The van der Waals surface area contributed by atoms with Crippen LogP contribution in [0.1, 0.15) is 44.9 Å². The molecule has 0 bridgehead atoms. The van der Waals surface area contributed by atoms with Crippen LogP contribution in [-0.4, -0.2) is 29.1 Å². The highest BCUT2D eigenvalue weighted by molar-refractivity contribution is 5.71. The molecular formula is C18H27NO2. The molecule has 0 aliphatic carbocycles. The minimum Gasteiger partial charge on any atom is -0.481 e. The Morgan fingerprint density at radius 2 is 1.86 bits per heavy atom. The van der Waals surface area contributed by atoms with E-state index in [2.05, 4.69) is 49.9 Å². The molecule has 0 spiro atoms. The molecule has 3 nitrogen and oxygen atoms in total. The van der Waals surface area contributed by atoms with Gasteiger partial charge in [-0.25, -0.2) is 0 Å². The van der Waals surface area contributed by atoms with Crippen molar-refractivity contribution in [2.24, 2.45) is 17.8 Å². The maximum Gasteiger partial charge on any atom is 0.308 e. The van der Waals surface area contributed by atoms with Gasteiger partial charge in [0, 0.05) is 19.1 Å². The highest BCUT2D eigenvalue weighted by Gasteiger charge is 2.36. The fourth-order valence-corrected chi connectivity index (χ4v) is 3.26. The molecule has 1 aliphatic heterocycles. The summed E-state index contributed by atoms with van der Waals surface area (Å²) >= 11 is 0. The van der Waals surface area contributed by atoms with Gasteiger partial charge in [0.25, 0.3) is 0 Å². The standard InChI is InChI=1S/C18H27NO2/c1-12(2)9-15-5-7-16(8-6-15)14(4)19-10-13(3)17(11-19)18(20)21/h5-8,12-14,17H,9-11H2,1-4H3,(H,20,21). The van der Waals surface area contributed by atoms with Crippen molar-refractivity contribution >= 4 is 5.97 Å². The number of benzene rings is 1. The minimum absolute atomic E-state index is 0.227. The molecule has 2 rings (SSSR count). The van der Waals surface area contributed by atoms with Crippen molar-refractivity contribution in [1.29, 1.82) is 0 Å². The molecule has 3 unspecified atom stereocenters. The zero-order chi connectivity index (χ0) is 15.6. The number of aliphatic carboxylic acids is 1. The molecule has 116 valence electrons. The number of carboxylic acid groups (broad SMARTS) is 1. The van der Waals surface area contributed by atoms with Crippen LogP contribution in [0, 0.1) is 17.8 Å². The van der Waals surface area contributed by atoms with Gasteiger partial charge in [-0.15, -0.1) is 0 Å². The van der Waals surface area contributed by atoms with Crippen molar-refractivity contribution in [3.8, 4) is 0 Å². The molecule has 21 heavy (non-hydrogen) atoms. The zero-order valence-electron chi connectivity index (χ0n) is 13.5. The smallest absolute Gasteiger partial charge is 0.308 e. The van der Waals surface area contributed by atoms with E-state index in [1.165, 1.54) is 11.1 Å². The number of carbonyl (C=O) groups is 1. The number of hydrogen-bond donors (Lipinski definition) is 1. The summed E-state index contributed by atoms with van der Waals surface area (Å²) < 4.78 is 0. The summed E-state index contributed by atoms with van der Waals surface area (Å²) in [7, 11) is 0. The van der Waals surface area contributed by atoms with E-state index in [1.807, 2.05) is 6.92 Å². The van der Waals surface area contributed by atoms with Crippen LogP contribution in [0.5, 0.6) is 0 Å². The first kappa shape index (κ1) is 16.0. The Balaban J connectivity index is 2.03. The molecule has 1 aromatic rings. The molecule has 3 heteroatoms. The van der Waals surface area contributed by atoms with Gasteiger partial charge in [-0.3, -0.25) is 9.69 Å². The summed E-state index contributed by atoms with van der Waals surface area (Å²) in [5.41, 5.74) is 2.65. The summed E-state index contributed by atoms with van der Waals surface area (Å²) in [5.74, 6) is 0.00587. The van der Waals surface area contributed by atoms with Gasteiger partial charge in [0.15, 0.2) is 0 Å². The van der Waals surface area contributed by atoms with Gasteiger partial charge in [-0.1, -0.05) is 45.0 Å². The van der Waals surface area contributed by atoms with Gasteiger partial charge in [0.1, 0.15) is 0 Å². The summed E-state index contributed by atoms with van der Waals surface area (Å²) in [6.07, 6.45) is 1.11. The Kier molecular flexibility index (Phi) is 5.04. The molecule has 1 saturated heterocycles. The van der Waals surface area contributed by atoms with Gasteiger partial charge >= 0.3 is 5.97 Å². The third-order valence-corrected chi connectivity index (χ3v) is 4.61. The summed E-state index contributed by atoms with van der Waals surface area (Å²) in [5, 5.41) is 9.25. The van der Waals surface area contributed by atoms with E-state index in [1.54, 1.807) is 0 Å². The van der Waals surface area contributed by atoms with Crippen molar-refractivity contribution < 1.29 is 9.90 Å². The normalized spacial score (nSPS) is 24.4. The number of rotatable bonds is 5. The largest absolute Gasteiger partial charge is 0.481 e. The highest BCUT2D eigenvalue weighted by Crippen LogP contribution is 2.31. The first-order valence-corrected chi connectivity index (χ1v) is 7.94. The SMILES string of the molecule is CC(C)Cc1ccc(C(C)N2CC(C)C(C(=O)O)C2)cc1. The number of likely N-dealkylation sites (tertiary alicyclic amines) is 1. The van der Waals surface area contributed by atoms with Crippen LogP contribution in [0.25, 0.3) is 0 Å². The molecule has 0 aromatic heterocycles. The average molecular weight is 289 g/mol. The molecule has 1 aromatic carbocycles. The van der Waals surface area contributed by atoms with Gasteiger partial charge in [0.05, 0.1) is 5.92 Å². The van der Waals surface area contributed by atoms with Crippen LogP contribution < -0.4 is 0 Å². The molecule has 0 radical (unpaired) electrons. The lowest BCUT2D eigenvalue weighted by Gasteiger charge is -2.25. The lowest BCUT2D eigenvalue weighted by Crippen LogP contribution is -2.26. The fourth-order valence-electron chi connectivity index (χ4n) is 3.26. The van der Waals surface area contributed by atoms with Crippen LogP contribution in [-0.2, 0) is 11.2 Å². The van der Waals surface area contributed by atoms with E-state index in [0.717, 1.165) is 13.0 Å². The topological polar surface area (TPSA) is 40.5 Å². The van der Waals surface area contributed by atoms with Crippen molar-refractivity contribution in [3.63, 3.8) is 0 Å². The van der Waals surface area contributed by atoms with Crippen molar-refractivity contribution in [3.05, 3.63) is 35.4 Å². The Morgan fingerprint density at radius 3 is 2.33 bits per heavy atom. The fraction of sp³-hybridized carbons (Fsp3) is 0.611. The molecular weight excluding hydrogens is 262 g/mol. The van der Waals surface area contributed by atoms with Crippen LogP contribution in [0.3, 0.4) is 0 Å². The molecule has 1 N–H and O–H groups in total. The van der Waals surface area contributed by atoms with Crippen LogP contribution >= 0.6 is 0 Å². The van der Waals surface area contributed by atoms with Gasteiger partial charge in [-0.05, 0) is 36.3 Å². The van der Waals surface area contributed by atoms with Crippen molar-refractivity contribution in [1.82, 2.24) is 4.90 Å². The second kappa shape index (κ2) is 6.61. The molecule has 1 aliphatic rings. The second-order valence-corrected chi connectivity index (χ2v) is 6.89. The van der Waals surface area contributed by atoms with Crippen molar-refractivity contribution in [2.75, 3.05) is 13.1 Å². The van der Waals surface area contributed by atoms with Gasteiger partial charge in [0.2, 0.25) is 0 Å². The Labute approximate surface area is 128 Å². The van der Waals surface area contributed by atoms with Crippen molar-refractivity contribution in [2.45, 2.75) is 40.2 Å². The summed E-state index contributed by atoms with van der Waals surface area (Å²) in [4.78, 5) is 13.5. The minimum atomic E-state index is -0.663. The molecule has 1 heterocycles. The quantitative estimate of drug-likeness (QED) is 0.900. The monoisotopic (exact) mass is 289 g/mol. The second-order valence-electron chi connectivity index (χ2n) is 6.89. The Hall–Kier alpha value is -1.35. The number of hydrogen-bond acceptors (Lipinski definition) is 2. The van der Waals surface area contributed by atoms with Crippen LogP contribution in [0.2, 0.25) is 0 Å². The molecule has 0 saturated carbocycles. The lowest BCUT2D eigenvalue weighted by atomic mass is 9.99. The predicted octanol–water partition coefficient (Wildman–Crippen LogP) is 3.60. The lowest BCUT2D eigenvalue weighted by molar-refractivity contribution is -0.142. The van der Waals surface area contributed by atoms with Gasteiger partial charge in [-0.2, -0.15) is 0 Å². The molecule has 0 amide bonds. The maximum atomic E-state index is 11.2. The van der Waals surface area contributed by atoms with E-state index in [4.69, 9.17) is 0 Å². The Bertz CT molecular complexity index is 480. The molecule has 1 fully saturated rings. The molecule has 3 atom stereocenters. The summed E-state index contributed by atoms with van der Waals surface area (Å²) in [6.45, 7) is 10.2. The third-order valence-electron chi connectivity index (χ3n) is 4.61. The third kappa shape index (κ3) is 3.85. The Morgan fingerprint density at radius 1 is 1.24 bits per heavy atom. The van der Waals surface area contributed by atoms with E-state index < -0.39 is 5.97 Å². The number of carboxylic acids is 1. The van der Waals surface area contributed by atoms with Gasteiger partial charge < -0.3 is 5.11 Å². The first-order valence-electron chi connectivity index (χ1n) is 7.94. The van der Waals surface area contributed by atoms with E-state index in [0.29, 0.717) is 12.5 Å². The predicted molar refractivity (Wildman–Crippen MR) is 85.3 cm³/mol. The number of nitrogens with zero attached hydrogens (tertiary/aromatic N) is 1. The zero-order valence-corrected chi connectivity index (χ0v) is 13.5. The average Bonchev–Trinajstić information content (AvgIpc) is 2.80. The van der Waals surface area contributed by atoms with E-state index in [9.17, 15) is 9.90 Å².